The summed E-state index contributed by atoms with van der Waals surface area (Å²) in [5, 5.41) is 5.00. The highest BCUT2D eigenvalue weighted by Crippen LogP contribution is 2.12. The number of hydrogen-bond donors (Lipinski definition) is 1. The molecule has 1 N–H and O–H groups in total. The summed E-state index contributed by atoms with van der Waals surface area (Å²) in [6.45, 7) is 2.51. The van der Waals surface area contributed by atoms with Crippen molar-refractivity contribution < 1.29 is 4.84 Å². The van der Waals surface area contributed by atoms with Crippen LogP contribution in [0.3, 0.4) is 0 Å². The van der Waals surface area contributed by atoms with Crippen LogP contribution in [-0.2, 0) is 4.84 Å². The first-order valence-electron chi connectivity index (χ1n) is 4.62. The third-order valence-electron chi connectivity index (χ3n) is 1.98. The normalized spacial score (nSPS) is 11.2. The topological polar surface area (TPSA) is 37.4 Å². The van der Waals surface area contributed by atoms with Gasteiger partial charge in [-0.25, -0.2) is 0 Å². The van der Waals surface area contributed by atoms with Crippen LogP contribution in [0, 0.1) is 0 Å². The Kier molecular flexibility index (Phi) is 2.49. The van der Waals surface area contributed by atoms with E-state index >= 15 is 0 Å². The van der Waals surface area contributed by atoms with E-state index in [1.807, 2.05) is 31.3 Å². The summed E-state index contributed by atoms with van der Waals surface area (Å²) < 4.78 is 0. The third kappa shape index (κ3) is 1.76. The van der Waals surface area contributed by atoms with Gasteiger partial charge in [-0.2, -0.15) is 0 Å². The minimum absolute atomic E-state index is 0.600. The van der Waals surface area contributed by atoms with Crippen molar-refractivity contribution in [2.45, 2.75) is 6.92 Å². The first kappa shape index (κ1) is 8.81. The second kappa shape index (κ2) is 3.96. The molecule has 1 aromatic heterocycles. The van der Waals surface area contributed by atoms with E-state index in [-0.39, 0.29) is 0 Å². The highest BCUT2D eigenvalue weighted by atomic mass is 16.6. The van der Waals surface area contributed by atoms with Crippen LogP contribution < -0.4 is 0 Å². The molecular weight excluding hydrogens is 176 g/mol. The van der Waals surface area contributed by atoms with Crippen molar-refractivity contribution in [1.29, 1.82) is 0 Å². The number of aromatic nitrogens is 1. The molecule has 0 aliphatic carbocycles. The molecule has 0 saturated carbocycles. The second-order valence-corrected chi connectivity index (χ2v) is 2.98. The molecule has 0 atom stereocenters. The van der Waals surface area contributed by atoms with Gasteiger partial charge in [0.05, 0.1) is 6.21 Å². The van der Waals surface area contributed by atoms with Gasteiger partial charge in [-0.05, 0) is 36.1 Å². The monoisotopic (exact) mass is 188 g/mol. The Balaban J connectivity index is 2.25. The van der Waals surface area contributed by atoms with Crippen molar-refractivity contribution in [2.24, 2.45) is 5.16 Å². The molecule has 0 saturated heterocycles. The van der Waals surface area contributed by atoms with Gasteiger partial charge in [-0.15, -0.1) is 0 Å². The molecule has 0 radical (unpaired) electrons. The molecule has 2 rings (SSSR count). The molecule has 0 aliphatic heterocycles. The number of hydrogen-bond acceptors (Lipinski definition) is 2. The van der Waals surface area contributed by atoms with Crippen molar-refractivity contribution in [3.8, 4) is 0 Å². The van der Waals surface area contributed by atoms with E-state index in [2.05, 4.69) is 16.2 Å². The average Bonchev–Trinajstić information content (AvgIpc) is 2.65. The maximum atomic E-state index is 4.89. The van der Waals surface area contributed by atoms with Crippen molar-refractivity contribution in [1.82, 2.24) is 4.98 Å². The summed E-state index contributed by atoms with van der Waals surface area (Å²) in [7, 11) is 0. The SMILES string of the molecule is CCON=Cc1ccc2[nH]ccc2c1. The minimum atomic E-state index is 0.600. The summed E-state index contributed by atoms with van der Waals surface area (Å²) in [6, 6.07) is 8.13. The number of H-pyrrole nitrogens is 1. The lowest BCUT2D eigenvalue weighted by molar-refractivity contribution is 0.160. The molecule has 3 heteroatoms. The van der Waals surface area contributed by atoms with Crippen LogP contribution in [0.1, 0.15) is 12.5 Å². The summed E-state index contributed by atoms with van der Waals surface area (Å²) in [5.41, 5.74) is 2.18. The molecule has 0 aliphatic rings. The van der Waals surface area contributed by atoms with Crippen LogP contribution >= 0.6 is 0 Å². The van der Waals surface area contributed by atoms with Gasteiger partial charge >= 0.3 is 0 Å². The molecule has 0 spiro atoms. The Labute approximate surface area is 82.4 Å². The smallest absolute Gasteiger partial charge is 0.114 e. The van der Waals surface area contributed by atoms with Gasteiger partial charge in [0.15, 0.2) is 0 Å². The number of nitrogens with zero attached hydrogens (tertiary/aromatic N) is 1. The van der Waals surface area contributed by atoms with Crippen LogP contribution in [0.25, 0.3) is 10.9 Å². The molecule has 1 aromatic carbocycles. The number of oxime groups is 1. The molecule has 0 bridgehead atoms. The van der Waals surface area contributed by atoms with Gasteiger partial charge in [0.1, 0.15) is 6.61 Å². The van der Waals surface area contributed by atoms with Gasteiger partial charge in [-0.3, -0.25) is 0 Å². The molecule has 1 heterocycles. The fourth-order valence-electron chi connectivity index (χ4n) is 1.32. The lowest BCUT2D eigenvalue weighted by atomic mass is 10.2. The molecule has 0 unspecified atom stereocenters. The maximum absolute atomic E-state index is 4.89. The number of aromatic amines is 1. The largest absolute Gasteiger partial charge is 0.396 e. The predicted octanol–water partition coefficient (Wildman–Crippen LogP) is 2.54. The predicted molar refractivity (Wildman–Crippen MR) is 57.5 cm³/mol. The highest BCUT2D eigenvalue weighted by molar-refractivity contribution is 5.88. The van der Waals surface area contributed by atoms with E-state index in [0.717, 1.165) is 11.1 Å². The number of nitrogens with one attached hydrogen (secondary N) is 1. The summed E-state index contributed by atoms with van der Waals surface area (Å²) in [5.74, 6) is 0. The van der Waals surface area contributed by atoms with Crippen molar-refractivity contribution >= 4 is 17.1 Å². The van der Waals surface area contributed by atoms with Gasteiger partial charge in [0.2, 0.25) is 0 Å². The van der Waals surface area contributed by atoms with Gasteiger partial charge in [0.25, 0.3) is 0 Å². The molecule has 0 amide bonds. The van der Waals surface area contributed by atoms with Crippen LogP contribution in [-0.4, -0.2) is 17.8 Å². The number of benzene rings is 1. The Bertz CT molecular complexity index is 445. The summed E-state index contributed by atoms with van der Waals surface area (Å²) in [6.07, 6.45) is 3.64. The zero-order chi connectivity index (χ0) is 9.80. The Morgan fingerprint density at radius 1 is 1.43 bits per heavy atom. The average molecular weight is 188 g/mol. The standard InChI is InChI=1S/C11H12N2O/c1-2-14-13-8-9-3-4-11-10(7-9)5-6-12-11/h3-8,12H,2H2,1H3. The van der Waals surface area contributed by atoms with Crippen molar-refractivity contribution in [3.05, 3.63) is 36.0 Å². The lowest BCUT2D eigenvalue weighted by Crippen LogP contribution is -1.83. The van der Waals surface area contributed by atoms with E-state index in [4.69, 9.17) is 4.84 Å². The van der Waals surface area contributed by atoms with Gasteiger partial charge < -0.3 is 9.82 Å². The maximum Gasteiger partial charge on any atom is 0.114 e. The van der Waals surface area contributed by atoms with Crippen LogP contribution in [0.5, 0.6) is 0 Å². The Morgan fingerprint density at radius 3 is 3.21 bits per heavy atom. The van der Waals surface area contributed by atoms with Gasteiger partial charge in [-0.1, -0.05) is 11.2 Å². The molecule has 3 nitrogen and oxygen atoms in total. The minimum Gasteiger partial charge on any atom is -0.396 e. The number of rotatable bonds is 3. The van der Waals surface area contributed by atoms with E-state index in [1.165, 1.54) is 5.39 Å². The first-order chi connectivity index (χ1) is 6.90. The van der Waals surface area contributed by atoms with Crippen LogP contribution in [0.15, 0.2) is 35.6 Å². The molecular formula is C11H12N2O. The quantitative estimate of drug-likeness (QED) is 0.583. The Hall–Kier alpha value is -1.77. The zero-order valence-corrected chi connectivity index (χ0v) is 8.03. The fourth-order valence-corrected chi connectivity index (χ4v) is 1.32. The van der Waals surface area contributed by atoms with E-state index in [0.29, 0.717) is 6.61 Å². The van der Waals surface area contributed by atoms with E-state index < -0.39 is 0 Å². The van der Waals surface area contributed by atoms with Gasteiger partial charge in [0, 0.05) is 11.7 Å². The first-order valence-corrected chi connectivity index (χ1v) is 4.62. The fraction of sp³-hybridized carbons (Fsp3) is 0.182. The van der Waals surface area contributed by atoms with Crippen molar-refractivity contribution in [2.75, 3.05) is 6.61 Å². The molecule has 0 fully saturated rings. The second-order valence-electron chi connectivity index (χ2n) is 2.98. The van der Waals surface area contributed by atoms with Crippen LogP contribution in [0.4, 0.5) is 0 Å². The molecule has 2 aromatic rings. The van der Waals surface area contributed by atoms with Crippen molar-refractivity contribution in [3.63, 3.8) is 0 Å². The lowest BCUT2D eigenvalue weighted by Gasteiger charge is -1.94. The number of fused-ring (bicyclic) bond motifs is 1. The molecule has 14 heavy (non-hydrogen) atoms. The molecule has 72 valence electrons. The summed E-state index contributed by atoms with van der Waals surface area (Å²) in [4.78, 5) is 8.03. The highest BCUT2D eigenvalue weighted by Gasteiger charge is 1.94. The third-order valence-corrected chi connectivity index (χ3v) is 1.98. The van der Waals surface area contributed by atoms with E-state index in [9.17, 15) is 0 Å². The zero-order valence-electron chi connectivity index (χ0n) is 8.03. The van der Waals surface area contributed by atoms with E-state index in [1.54, 1.807) is 6.21 Å². The van der Waals surface area contributed by atoms with Crippen LogP contribution in [0.2, 0.25) is 0 Å². The summed E-state index contributed by atoms with van der Waals surface area (Å²) >= 11 is 0. The Morgan fingerprint density at radius 2 is 2.36 bits per heavy atom.